The van der Waals surface area contributed by atoms with Gasteiger partial charge in [-0.3, -0.25) is 14.9 Å². The average Bonchev–Trinajstić information content (AvgIpc) is 3.15. The van der Waals surface area contributed by atoms with Crippen LogP contribution in [0.5, 0.6) is 5.75 Å². The van der Waals surface area contributed by atoms with Gasteiger partial charge in [0.2, 0.25) is 0 Å². The maximum atomic E-state index is 12.3. The van der Waals surface area contributed by atoms with Gasteiger partial charge >= 0.3 is 0 Å². The molecule has 0 aliphatic carbocycles. The van der Waals surface area contributed by atoms with E-state index in [1.54, 1.807) is 12.1 Å². The summed E-state index contributed by atoms with van der Waals surface area (Å²) in [6, 6.07) is 19.6. The third kappa shape index (κ3) is 5.19. The fraction of sp³-hybridized carbons (Fsp3) is 0.0909. The summed E-state index contributed by atoms with van der Waals surface area (Å²) in [5, 5.41) is 14.1. The molecule has 0 spiro atoms. The molecule has 0 aliphatic heterocycles. The zero-order chi connectivity index (χ0) is 21.8. The number of fused-ring (bicyclic) bond motifs is 1. The second kappa shape index (κ2) is 9.15. The number of anilines is 1. The van der Waals surface area contributed by atoms with Crippen LogP contribution in [0.4, 0.5) is 11.4 Å². The molecule has 1 aromatic heterocycles. The van der Waals surface area contributed by atoms with Gasteiger partial charge < -0.3 is 10.1 Å². The number of non-ortho nitro benzene ring substituents is 1. The van der Waals surface area contributed by atoms with Crippen LogP contribution < -0.4 is 10.1 Å². The number of nitro benzene ring substituents is 1. The zero-order valence-electron chi connectivity index (χ0n) is 16.4. The number of thiazole rings is 1. The van der Waals surface area contributed by atoms with Crippen molar-refractivity contribution in [3.8, 4) is 5.75 Å². The highest BCUT2D eigenvalue weighted by Gasteiger charge is 2.14. The molecule has 31 heavy (non-hydrogen) atoms. The van der Waals surface area contributed by atoms with Crippen LogP contribution >= 0.6 is 23.1 Å². The summed E-state index contributed by atoms with van der Waals surface area (Å²) < 4.78 is 7.35. The highest BCUT2D eigenvalue weighted by Crippen LogP contribution is 2.37. The third-order valence-corrected chi connectivity index (χ3v) is 6.39. The predicted octanol–water partition coefficient (Wildman–Crippen LogP) is 5.68. The van der Waals surface area contributed by atoms with Crippen molar-refractivity contribution in [1.29, 1.82) is 0 Å². The minimum atomic E-state index is -0.484. The summed E-state index contributed by atoms with van der Waals surface area (Å²) in [5.74, 6) is 0.212. The van der Waals surface area contributed by atoms with Crippen LogP contribution in [0.25, 0.3) is 10.2 Å². The number of hydrogen-bond acceptors (Lipinski definition) is 7. The highest BCUT2D eigenvalue weighted by atomic mass is 32.2. The Morgan fingerprint density at radius 3 is 2.71 bits per heavy atom. The number of para-hydroxylation sites is 2. The van der Waals surface area contributed by atoms with E-state index in [-0.39, 0.29) is 12.3 Å². The molecule has 4 rings (SSSR count). The predicted molar refractivity (Wildman–Crippen MR) is 122 cm³/mol. The van der Waals surface area contributed by atoms with Gasteiger partial charge in [0, 0.05) is 22.7 Å². The van der Waals surface area contributed by atoms with E-state index in [0.29, 0.717) is 16.3 Å². The van der Waals surface area contributed by atoms with Crippen LogP contribution in [0, 0.1) is 17.0 Å². The summed E-state index contributed by atoms with van der Waals surface area (Å²) in [6.45, 7) is 1.69. The Morgan fingerprint density at radius 2 is 1.94 bits per heavy atom. The number of carbonyl (C=O) groups excluding carboxylic acids is 1. The molecular formula is C22H17N3O4S2. The van der Waals surface area contributed by atoms with Crippen molar-refractivity contribution in [3.63, 3.8) is 0 Å². The van der Waals surface area contributed by atoms with E-state index in [4.69, 9.17) is 4.74 Å². The van der Waals surface area contributed by atoms with Gasteiger partial charge in [-0.1, -0.05) is 42.1 Å². The Kier molecular flexibility index (Phi) is 6.15. The zero-order valence-corrected chi connectivity index (χ0v) is 18.0. The third-order valence-electron chi connectivity index (χ3n) is 4.32. The van der Waals surface area contributed by atoms with Crippen LogP contribution in [-0.4, -0.2) is 22.4 Å². The van der Waals surface area contributed by atoms with E-state index in [2.05, 4.69) is 10.3 Å². The van der Waals surface area contributed by atoms with Crippen molar-refractivity contribution in [2.45, 2.75) is 16.2 Å². The lowest BCUT2D eigenvalue weighted by atomic mass is 10.2. The van der Waals surface area contributed by atoms with E-state index in [1.807, 2.05) is 49.4 Å². The van der Waals surface area contributed by atoms with Gasteiger partial charge in [0.15, 0.2) is 10.9 Å². The first-order valence-corrected chi connectivity index (χ1v) is 10.9. The summed E-state index contributed by atoms with van der Waals surface area (Å²) in [5.41, 5.74) is 2.01. The van der Waals surface area contributed by atoms with E-state index < -0.39 is 10.8 Å². The molecule has 156 valence electrons. The number of amides is 1. The Balaban J connectivity index is 1.50. The molecule has 9 heteroatoms. The second-order valence-corrected chi connectivity index (χ2v) is 8.98. The Labute approximate surface area is 186 Å². The van der Waals surface area contributed by atoms with Gasteiger partial charge in [0.05, 0.1) is 15.1 Å². The van der Waals surface area contributed by atoms with Crippen LogP contribution in [0.15, 0.2) is 76.0 Å². The standard InChI is InChI=1S/C22H17N3O4S2/c1-14-6-2-4-8-19(14)29-13-21(26)23-15-10-16(25(27)28)12-17(11-15)30-22-24-18-7-3-5-9-20(18)31-22/h2-12H,13H2,1H3,(H,23,26). The van der Waals surface area contributed by atoms with Gasteiger partial charge in [-0.25, -0.2) is 4.98 Å². The van der Waals surface area contributed by atoms with E-state index in [0.717, 1.165) is 20.1 Å². The minimum absolute atomic E-state index is 0.110. The molecule has 0 aliphatic rings. The smallest absolute Gasteiger partial charge is 0.272 e. The van der Waals surface area contributed by atoms with Crippen molar-refractivity contribution >= 4 is 50.6 Å². The summed E-state index contributed by atoms with van der Waals surface area (Å²) in [7, 11) is 0. The molecule has 0 bridgehead atoms. The summed E-state index contributed by atoms with van der Waals surface area (Å²) in [6.07, 6.45) is 0. The highest BCUT2D eigenvalue weighted by molar-refractivity contribution is 8.01. The topological polar surface area (TPSA) is 94.4 Å². The van der Waals surface area contributed by atoms with Crippen LogP contribution in [0.3, 0.4) is 0 Å². The Bertz CT molecular complexity index is 1240. The summed E-state index contributed by atoms with van der Waals surface area (Å²) in [4.78, 5) is 28.4. The van der Waals surface area contributed by atoms with Gasteiger partial charge in [0.1, 0.15) is 5.75 Å². The van der Waals surface area contributed by atoms with Crippen molar-refractivity contribution in [2.24, 2.45) is 0 Å². The molecule has 0 saturated carbocycles. The molecule has 0 fully saturated rings. The fourth-order valence-corrected chi connectivity index (χ4v) is 5.01. The lowest BCUT2D eigenvalue weighted by Gasteiger charge is -2.10. The number of nitro groups is 1. The molecule has 1 amide bonds. The van der Waals surface area contributed by atoms with Crippen LogP contribution in [-0.2, 0) is 4.79 Å². The molecular weight excluding hydrogens is 434 g/mol. The summed E-state index contributed by atoms with van der Waals surface area (Å²) >= 11 is 2.83. The average molecular weight is 452 g/mol. The maximum Gasteiger partial charge on any atom is 0.272 e. The van der Waals surface area contributed by atoms with Crippen LogP contribution in [0.2, 0.25) is 0 Å². The van der Waals surface area contributed by atoms with Crippen LogP contribution in [0.1, 0.15) is 5.56 Å². The number of aryl methyl sites for hydroxylation is 1. The minimum Gasteiger partial charge on any atom is -0.483 e. The van der Waals surface area contributed by atoms with Gasteiger partial charge in [-0.2, -0.15) is 0 Å². The lowest BCUT2D eigenvalue weighted by Crippen LogP contribution is -2.20. The number of aromatic nitrogens is 1. The van der Waals surface area contributed by atoms with Crippen molar-refractivity contribution in [1.82, 2.24) is 4.98 Å². The number of rotatable bonds is 7. The van der Waals surface area contributed by atoms with Gasteiger partial charge in [-0.15, -0.1) is 11.3 Å². The SMILES string of the molecule is Cc1ccccc1OCC(=O)Nc1cc(Sc2nc3ccccc3s2)cc([N+](=O)[O-])c1. The lowest BCUT2D eigenvalue weighted by molar-refractivity contribution is -0.385. The molecule has 0 radical (unpaired) electrons. The van der Waals surface area contributed by atoms with Crippen molar-refractivity contribution in [3.05, 3.63) is 82.4 Å². The second-order valence-electron chi connectivity index (χ2n) is 6.62. The monoisotopic (exact) mass is 451 g/mol. The largest absolute Gasteiger partial charge is 0.483 e. The number of hydrogen-bond donors (Lipinski definition) is 1. The molecule has 0 saturated heterocycles. The first-order valence-electron chi connectivity index (χ1n) is 9.29. The molecule has 1 heterocycles. The van der Waals surface area contributed by atoms with Crippen molar-refractivity contribution < 1.29 is 14.5 Å². The number of benzene rings is 3. The fourth-order valence-electron chi connectivity index (χ4n) is 2.87. The number of ether oxygens (including phenoxy) is 1. The van der Waals surface area contributed by atoms with E-state index >= 15 is 0 Å². The maximum absolute atomic E-state index is 12.3. The van der Waals surface area contributed by atoms with E-state index in [9.17, 15) is 14.9 Å². The number of nitrogens with zero attached hydrogens (tertiary/aromatic N) is 2. The molecule has 3 aromatic carbocycles. The normalized spacial score (nSPS) is 10.7. The van der Waals surface area contributed by atoms with Crippen molar-refractivity contribution in [2.75, 3.05) is 11.9 Å². The number of carbonyl (C=O) groups is 1. The molecule has 4 aromatic rings. The molecule has 0 unspecified atom stereocenters. The molecule has 7 nitrogen and oxygen atoms in total. The van der Waals surface area contributed by atoms with Gasteiger partial charge in [0.25, 0.3) is 11.6 Å². The molecule has 0 atom stereocenters. The first-order chi connectivity index (χ1) is 15.0. The Hall–Kier alpha value is -3.43. The quantitative estimate of drug-likeness (QED) is 0.287. The first kappa shape index (κ1) is 20.8. The van der Waals surface area contributed by atoms with E-state index in [1.165, 1.54) is 35.2 Å². The molecule has 1 N–H and O–H groups in total. The van der Waals surface area contributed by atoms with Gasteiger partial charge in [-0.05, 0) is 36.8 Å². The Morgan fingerprint density at radius 1 is 1.16 bits per heavy atom. The number of nitrogens with one attached hydrogen (secondary N) is 1.